The van der Waals surface area contributed by atoms with Gasteiger partial charge in [0.1, 0.15) is 6.10 Å². The molecule has 3 aromatic rings. The van der Waals surface area contributed by atoms with Crippen molar-refractivity contribution in [2.24, 2.45) is 0 Å². The van der Waals surface area contributed by atoms with Gasteiger partial charge in [-0.15, -0.1) is 0 Å². The monoisotopic (exact) mass is 411 g/mol. The highest BCUT2D eigenvalue weighted by Crippen LogP contribution is 2.39. The van der Waals surface area contributed by atoms with E-state index in [2.05, 4.69) is 20.9 Å². The average molecular weight is 413 g/mol. The molecule has 3 rings (SSSR count). The minimum atomic E-state index is -1.10. The van der Waals surface area contributed by atoms with Gasteiger partial charge in [0.2, 0.25) is 0 Å². The van der Waals surface area contributed by atoms with Gasteiger partial charge in [0.15, 0.2) is 0 Å². The van der Waals surface area contributed by atoms with E-state index in [0.717, 1.165) is 26.5 Å². The minimum absolute atomic E-state index is 0.182. The normalized spacial score (nSPS) is 14.1. The first-order chi connectivity index (χ1) is 11.0. The maximum atomic E-state index is 11.5. The Hall–Kier alpha value is -1.14. The zero-order chi connectivity index (χ0) is 16.6. The number of hydrogen-bond acceptors (Lipinski definition) is 2. The third kappa shape index (κ3) is 3.38. The number of rotatable bonds is 4. The molecular formula is C17H15BrClNO2S. The predicted octanol–water partition coefficient (Wildman–Crippen LogP) is 4.66. The molecule has 6 heteroatoms. The highest BCUT2D eigenvalue weighted by molar-refractivity contribution is 9.10. The fraction of sp³-hybridized carbons (Fsp3) is 0.176. The Morgan fingerprint density at radius 2 is 2.00 bits per heavy atom. The molecule has 2 N–H and O–H groups in total. The SMILES string of the molecule is CS(=O)CC(O)c1[nH]c2cc(Br)c(Cl)cc2c1-c1ccccc1. The Morgan fingerprint density at radius 3 is 2.65 bits per heavy atom. The van der Waals surface area contributed by atoms with Crippen molar-refractivity contribution in [1.82, 2.24) is 4.98 Å². The molecule has 2 aromatic carbocycles. The number of aliphatic hydroxyl groups is 1. The van der Waals surface area contributed by atoms with Crippen LogP contribution in [0, 0.1) is 0 Å². The van der Waals surface area contributed by atoms with Crippen LogP contribution >= 0.6 is 27.5 Å². The molecule has 0 aliphatic carbocycles. The van der Waals surface area contributed by atoms with E-state index >= 15 is 0 Å². The first-order valence-electron chi connectivity index (χ1n) is 7.01. The van der Waals surface area contributed by atoms with E-state index in [0.29, 0.717) is 10.7 Å². The first kappa shape index (κ1) is 16.7. The Labute approximate surface area is 150 Å². The van der Waals surface area contributed by atoms with Gasteiger partial charge in [-0.1, -0.05) is 41.9 Å². The maximum Gasteiger partial charge on any atom is 0.106 e. The maximum absolute atomic E-state index is 11.5. The molecule has 0 saturated carbocycles. The smallest absolute Gasteiger partial charge is 0.106 e. The highest BCUT2D eigenvalue weighted by Gasteiger charge is 2.21. The van der Waals surface area contributed by atoms with Gasteiger partial charge >= 0.3 is 0 Å². The van der Waals surface area contributed by atoms with Crippen LogP contribution in [0.1, 0.15) is 11.8 Å². The predicted molar refractivity (Wildman–Crippen MR) is 100 cm³/mol. The number of aromatic nitrogens is 1. The number of hydrogen-bond donors (Lipinski definition) is 2. The number of H-pyrrole nitrogens is 1. The molecule has 0 aliphatic heterocycles. The van der Waals surface area contributed by atoms with Crippen LogP contribution in [0.25, 0.3) is 22.0 Å². The number of fused-ring (bicyclic) bond motifs is 1. The van der Waals surface area contributed by atoms with E-state index in [-0.39, 0.29) is 5.75 Å². The molecule has 0 saturated heterocycles. The van der Waals surface area contributed by atoms with Crippen LogP contribution in [0.5, 0.6) is 0 Å². The van der Waals surface area contributed by atoms with Crippen LogP contribution in [0.3, 0.4) is 0 Å². The molecule has 2 unspecified atom stereocenters. The van der Waals surface area contributed by atoms with E-state index in [1.807, 2.05) is 42.5 Å². The van der Waals surface area contributed by atoms with Crippen LogP contribution < -0.4 is 0 Å². The number of aromatic amines is 1. The molecule has 1 aromatic heterocycles. The molecule has 0 spiro atoms. The summed E-state index contributed by atoms with van der Waals surface area (Å²) in [6.07, 6.45) is 0.752. The summed E-state index contributed by atoms with van der Waals surface area (Å²) in [7, 11) is -1.10. The van der Waals surface area contributed by atoms with Crippen molar-refractivity contribution in [3.63, 3.8) is 0 Å². The Kier molecular flexibility index (Phi) is 4.92. The molecule has 0 radical (unpaired) electrons. The van der Waals surface area contributed by atoms with E-state index < -0.39 is 16.9 Å². The quantitative estimate of drug-likeness (QED) is 0.654. The van der Waals surface area contributed by atoms with E-state index in [1.165, 1.54) is 0 Å². The Morgan fingerprint density at radius 1 is 1.30 bits per heavy atom. The average Bonchev–Trinajstić information content (AvgIpc) is 2.86. The van der Waals surface area contributed by atoms with E-state index in [4.69, 9.17) is 11.6 Å². The van der Waals surface area contributed by atoms with Gasteiger partial charge in [-0.05, 0) is 33.6 Å². The summed E-state index contributed by atoms with van der Waals surface area (Å²) < 4.78 is 12.3. The third-order valence-electron chi connectivity index (χ3n) is 3.66. The number of benzene rings is 2. The largest absolute Gasteiger partial charge is 0.386 e. The molecular weight excluding hydrogens is 398 g/mol. The van der Waals surface area contributed by atoms with Crippen molar-refractivity contribution in [2.75, 3.05) is 12.0 Å². The summed E-state index contributed by atoms with van der Waals surface area (Å²) in [5.74, 6) is 0.182. The molecule has 3 nitrogen and oxygen atoms in total. The van der Waals surface area contributed by atoms with Gasteiger partial charge in [-0.3, -0.25) is 4.21 Å². The number of halogens is 2. The van der Waals surface area contributed by atoms with Gasteiger partial charge in [0.05, 0.1) is 16.5 Å². The summed E-state index contributed by atoms with van der Waals surface area (Å²) in [5, 5.41) is 12.0. The van der Waals surface area contributed by atoms with Crippen molar-refractivity contribution < 1.29 is 9.32 Å². The zero-order valence-electron chi connectivity index (χ0n) is 12.3. The fourth-order valence-electron chi connectivity index (χ4n) is 2.68. The highest BCUT2D eigenvalue weighted by atomic mass is 79.9. The van der Waals surface area contributed by atoms with Crippen molar-refractivity contribution in [2.45, 2.75) is 6.10 Å². The molecule has 23 heavy (non-hydrogen) atoms. The second-order valence-corrected chi connectivity index (χ2v) is 8.09. The summed E-state index contributed by atoms with van der Waals surface area (Å²) in [6, 6.07) is 13.6. The van der Waals surface area contributed by atoms with Gasteiger partial charge in [-0.2, -0.15) is 0 Å². The molecule has 0 amide bonds. The minimum Gasteiger partial charge on any atom is -0.386 e. The van der Waals surface area contributed by atoms with Gasteiger partial charge in [-0.25, -0.2) is 0 Å². The molecule has 2 atom stereocenters. The summed E-state index contributed by atoms with van der Waals surface area (Å²) >= 11 is 9.67. The van der Waals surface area contributed by atoms with E-state index in [1.54, 1.807) is 6.26 Å². The van der Waals surface area contributed by atoms with Gasteiger partial charge in [0, 0.05) is 38.0 Å². The van der Waals surface area contributed by atoms with Crippen molar-refractivity contribution >= 4 is 49.2 Å². The Balaban J connectivity index is 2.28. The standard InChI is InChI=1S/C17H15BrClNO2S/c1-23(22)9-15(21)17-16(10-5-3-2-4-6-10)11-7-13(19)12(18)8-14(11)20-17/h2-8,15,20-21H,9H2,1H3. The third-order valence-corrected chi connectivity index (χ3v) is 5.64. The molecule has 1 heterocycles. The van der Waals surface area contributed by atoms with Crippen LogP contribution in [-0.4, -0.2) is 26.3 Å². The van der Waals surface area contributed by atoms with Gasteiger partial charge < -0.3 is 10.1 Å². The van der Waals surface area contributed by atoms with Crippen LogP contribution in [0.2, 0.25) is 5.02 Å². The van der Waals surface area contributed by atoms with Crippen molar-refractivity contribution in [3.8, 4) is 11.1 Å². The summed E-state index contributed by atoms with van der Waals surface area (Å²) in [6.45, 7) is 0. The van der Waals surface area contributed by atoms with Crippen LogP contribution in [0.15, 0.2) is 46.9 Å². The van der Waals surface area contributed by atoms with E-state index in [9.17, 15) is 9.32 Å². The number of aliphatic hydroxyl groups excluding tert-OH is 1. The topological polar surface area (TPSA) is 53.1 Å². The lowest BCUT2D eigenvalue weighted by Gasteiger charge is -2.11. The molecule has 0 fully saturated rings. The first-order valence-corrected chi connectivity index (χ1v) is 9.91. The Bertz CT molecular complexity index is 879. The molecule has 120 valence electrons. The van der Waals surface area contributed by atoms with Gasteiger partial charge in [0.25, 0.3) is 0 Å². The van der Waals surface area contributed by atoms with Crippen molar-refractivity contribution in [1.29, 1.82) is 0 Å². The molecule has 0 bridgehead atoms. The zero-order valence-corrected chi connectivity index (χ0v) is 15.5. The van der Waals surface area contributed by atoms with Crippen molar-refractivity contribution in [3.05, 3.63) is 57.7 Å². The molecule has 0 aliphatic rings. The number of nitrogens with one attached hydrogen (secondary N) is 1. The second kappa shape index (κ2) is 6.77. The fourth-order valence-corrected chi connectivity index (χ4v) is 3.80. The summed E-state index contributed by atoms with van der Waals surface area (Å²) in [4.78, 5) is 3.26. The lowest BCUT2D eigenvalue weighted by Crippen LogP contribution is -2.09. The lowest BCUT2D eigenvalue weighted by molar-refractivity contribution is 0.199. The second-order valence-electron chi connectivity index (χ2n) is 5.35. The lowest BCUT2D eigenvalue weighted by atomic mass is 10.00. The van der Waals surface area contributed by atoms with Crippen LogP contribution in [-0.2, 0) is 10.8 Å². The van der Waals surface area contributed by atoms with Crippen LogP contribution in [0.4, 0.5) is 0 Å². The summed E-state index contributed by atoms with van der Waals surface area (Å²) in [5.41, 5.74) is 3.41.